The van der Waals surface area contributed by atoms with Gasteiger partial charge in [0.1, 0.15) is 0 Å². The minimum absolute atomic E-state index is 0.0122. The lowest BCUT2D eigenvalue weighted by atomic mass is 10.3. The zero-order chi connectivity index (χ0) is 15.5. The number of nitrogens with one attached hydrogen (secondary N) is 1. The molecular weight excluding hydrogens is 284 g/mol. The summed E-state index contributed by atoms with van der Waals surface area (Å²) in [6, 6.07) is 9.51. The standard InChI is InChI=1S/C14H14N6O2/c1-9(2)15-13(21)14-16-12(18-22-14)11-8-20(19-17-11)10-6-4-3-5-7-10/h3-9H,1-2H3,(H,15,21). The lowest BCUT2D eigenvalue weighted by molar-refractivity contribution is 0.0899. The maximum Gasteiger partial charge on any atom is 0.316 e. The Bertz CT molecular complexity index is 777. The molecule has 1 N–H and O–H groups in total. The maximum atomic E-state index is 11.8. The van der Waals surface area contributed by atoms with Crippen molar-refractivity contribution in [2.24, 2.45) is 0 Å². The Morgan fingerprint density at radius 3 is 2.77 bits per heavy atom. The van der Waals surface area contributed by atoms with Crippen LogP contribution in [0.2, 0.25) is 0 Å². The van der Waals surface area contributed by atoms with E-state index in [0.717, 1.165) is 5.69 Å². The first kappa shape index (κ1) is 13.9. The largest absolute Gasteiger partial charge is 0.346 e. The van der Waals surface area contributed by atoms with Gasteiger partial charge in [-0.15, -0.1) is 5.10 Å². The number of carbonyl (C=O) groups excluding carboxylic acids is 1. The Kier molecular flexibility index (Phi) is 3.65. The van der Waals surface area contributed by atoms with E-state index in [1.165, 1.54) is 0 Å². The summed E-state index contributed by atoms with van der Waals surface area (Å²) in [7, 11) is 0. The van der Waals surface area contributed by atoms with Crippen LogP contribution >= 0.6 is 0 Å². The normalized spacial score (nSPS) is 10.9. The average Bonchev–Trinajstić information content (AvgIpc) is 3.17. The summed E-state index contributed by atoms with van der Waals surface area (Å²) in [6.45, 7) is 3.70. The van der Waals surface area contributed by atoms with E-state index in [1.54, 1.807) is 10.9 Å². The highest BCUT2D eigenvalue weighted by molar-refractivity contribution is 5.89. The second-order valence-electron chi connectivity index (χ2n) is 4.94. The number of amides is 1. The van der Waals surface area contributed by atoms with Crippen molar-refractivity contribution in [1.82, 2.24) is 30.5 Å². The predicted octanol–water partition coefficient (Wildman–Crippen LogP) is 1.46. The summed E-state index contributed by atoms with van der Waals surface area (Å²) in [5.74, 6) is -0.293. The molecule has 22 heavy (non-hydrogen) atoms. The molecule has 0 fully saturated rings. The van der Waals surface area contributed by atoms with Gasteiger partial charge in [0.05, 0.1) is 11.9 Å². The molecule has 3 rings (SSSR count). The zero-order valence-electron chi connectivity index (χ0n) is 12.1. The van der Waals surface area contributed by atoms with E-state index in [4.69, 9.17) is 4.52 Å². The minimum atomic E-state index is -0.413. The number of hydrogen-bond acceptors (Lipinski definition) is 6. The molecule has 0 unspecified atom stereocenters. The van der Waals surface area contributed by atoms with Crippen LogP contribution in [0.3, 0.4) is 0 Å². The third-order valence-corrected chi connectivity index (χ3v) is 2.78. The summed E-state index contributed by atoms with van der Waals surface area (Å²) >= 11 is 0. The van der Waals surface area contributed by atoms with Crippen LogP contribution in [0, 0.1) is 0 Å². The van der Waals surface area contributed by atoms with Gasteiger partial charge in [-0.2, -0.15) is 4.98 Å². The number of carbonyl (C=O) groups is 1. The average molecular weight is 298 g/mol. The highest BCUT2D eigenvalue weighted by atomic mass is 16.5. The molecule has 0 spiro atoms. The first-order valence-electron chi connectivity index (χ1n) is 6.76. The van der Waals surface area contributed by atoms with Gasteiger partial charge in [0.15, 0.2) is 5.69 Å². The number of aromatic nitrogens is 5. The van der Waals surface area contributed by atoms with Crippen molar-refractivity contribution in [3.63, 3.8) is 0 Å². The third-order valence-electron chi connectivity index (χ3n) is 2.78. The molecule has 0 radical (unpaired) electrons. The van der Waals surface area contributed by atoms with E-state index in [9.17, 15) is 4.79 Å². The Morgan fingerprint density at radius 2 is 2.05 bits per heavy atom. The van der Waals surface area contributed by atoms with Crippen LogP contribution in [0.25, 0.3) is 17.2 Å². The smallest absolute Gasteiger partial charge is 0.316 e. The van der Waals surface area contributed by atoms with Crippen LogP contribution in [0.4, 0.5) is 0 Å². The lowest BCUT2D eigenvalue weighted by Crippen LogP contribution is -2.30. The molecule has 0 aliphatic carbocycles. The predicted molar refractivity (Wildman–Crippen MR) is 77.3 cm³/mol. The SMILES string of the molecule is CC(C)NC(=O)c1nc(-c2cn(-c3ccccc3)nn2)no1. The molecule has 0 aliphatic heterocycles. The van der Waals surface area contributed by atoms with Gasteiger partial charge < -0.3 is 9.84 Å². The summed E-state index contributed by atoms with van der Waals surface area (Å²) in [6.07, 6.45) is 1.67. The fourth-order valence-electron chi connectivity index (χ4n) is 1.82. The van der Waals surface area contributed by atoms with Crippen molar-refractivity contribution in [1.29, 1.82) is 0 Å². The molecule has 2 heterocycles. The second kappa shape index (κ2) is 5.76. The van der Waals surface area contributed by atoms with Crippen molar-refractivity contribution in [2.45, 2.75) is 19.9 Å². The minimum Gasteiger partial charge on any atom is -0.346 e. The van der Waals surface area contributed by atoms with Gasteiger partial charge in [-0.1, -0.05) is 28.6 Å². The molecule has 3 aromatic rings. The Labute approximate surface area is 126 Å². The summed E-state index contributed by atoms with van der Waals surface area (Å²) in [5.41, 5.74) is 1.29. The summed E-state index contributed by atoms with van der Waals surface area (Å²) < 4.78 is 6.54. The van der Waals surface area contributed by atoms with E-state index in [-0.39, 0.29) is 17.8 Å². The highest BCUT2D eigenvalue weighted by Crippen LogP contribution is 2.14. The molecule has 0 bridgehead atoms. The van der Waals surface area contributed by atoms with E-state index in [1.807, 2.05) is 44.2 Å². The van der Waals surface area contributed by atoms with Crippen LogP contribution in [0.15, 0.2) is 41.1 Å². The number of nitrogens with zero attached hydrogens (tertiary/aromatic N) is 5. The Hall–Kier alpha value is -3.03. The van der Waals surface area contributed by atoms with E-state index < -0.39 is 5.91 Å². The molecule has 0 aliphatic rings. The maximum absolute atomic E-state index is 11.8. The van der Waals surface area contributed by atoms with Crippen LogP contribution in [0.5, 0.6) is 0 Å². The topological polar surface area (TPSA) is 98.7 Å². The van der Waals surface area contributed by atoms with Crippen molar-refractivity contribution in [2.75, 3.05) is 0 Å². The van der Waals surface area contributed by atoms with Crippen molar-refractivity contribution >= 4 is 5.91 Å². The van der Waals surface area contributed by atoms with Gasteiger partial charge in [-0.3, -0.25) is 4.79 Å². The molecule has 8 heteroatoms. The van der Waals surface area contributed by atoms with Gasteiger partial charge in [0.2, 0.25) is 5.82 Å². The van der Waals surface area contributed by atoms with E-state index in [2.05, 4.69) is 25.8 Å². The van der Waals surface area contributed by atoms with Crippen molar-refractivity contribution < 1.29 is 9.32 Å². The monoisotopic (exact) mass is 298 g/mol. The Balaban J connectivity index is 1.83. The zero-order valence-corrected chi connectivity index (χ0v) is 12.1. The van der Waals surface area contributed by atoms with Crippen LogP contribution in [-0.2, 0) is 0 Å². The van der Waals surface area contributed by atoms with Gasteiger partial charge in [-0.05, 0) is 26.0 Å². The van der Waals surface area contributed by atoms with Gasteiger partial charge >= 0.3 is 11.8 Å². The van der Waals surface area contributed by atoms with Gasteiger partial charge in [0.25, 0.3) is 0 Å². The molecule has 2 aromatic heterocycles. The number of hydrogen-bond donors (Lipinski definition) is 1. The fourth-order valence-corrected chi connectivity index (χ4v) is 1.82. The highest BCUT2D eigenvalue weighted by Gasteiger charge is 2.18. The molecule has 8 nitrogen and oxygen atoms in total. The molecular formula is C14H14N6O2. The number of benzene rings is 1. The second-order valence-corrected chi connectivity index (χ2v) is 4.94. The van der Waals surface area contributed by atoms with E-state index in [0.29, 0.717) is 5.69 Å². The first-order chi connectivity index (χ1) is 10.6. The van der Waals surface area contributed by atoms with E-state index >= 15 is 0 Å². The fraction of sp³-hybridized carbons (Fsp3) is 0.214. The first-order valence-corrected chi connectivity index (χ1v) is 6.76. The van der Waals surface area contributed by atoms with Gasteiger partial charge in [-0.25, -0.2) is 4.68 Å². The number of rotatable bonds is 4. The lowest BCUT2D eigenvalue weighted by Gasteiger charge is -2.03. The van der Waals surface area contributed by atoms with Crippen molar-refractivity contribution in [3.05, 3.63) is 42.4 Å². The van der Waals surface area contributed by atoms with Crippen molar-refractivity contribution in [3.8, 4) is 17.2 Å². The molecule has 0 saturated heterocycles. The van der Waals surface area contributed by atoms with Crippen LogP contribution in [0.1, 0.15) is 24.5 Å². The molecule has 112 valence electrons. The third kappa shape index (κ3) is 2.85. The molecule has 0 saturated carbocycles. The summed E-state index contributed by atoms with van der Waals surface area (Å²) in [4.78, 5) is 15.8. The van der Waals surface area contributed by atoms with Gasteiger partial charge in [0, 0.05) is 6.04 Å². The van der Waals surface area contributed by atoms with Crippen LogP contribution < -0.4 is 5.32 Å². The van der Waals surface area contributed by atoms with Crippen LogP contribution in [-0.4, -0.2) is 37.1 Å². The molecule has 1 aromatic carbocycles. The summed E-state index contributed by atoms with van der Waals surface area (Å²) in [5, 5.41) is 14.4. The molecule has 1 amide bonds. The molecule has 0 atom stereocenters. The number of para-hydroxylation sites is 1. The Morgan fingerprint density at radius 1 is 1.27 bits per heavy atom. The quantitative estimate of drug-likeness (QED) is 0.782.